The van der Waals surface area contributed by atoms with Gasteiger partial charge in [-0.3, -0.25) is 4.79 Å². The van der Waals surface area contributed by atoms with Gasteiger partial charge in [-0.1, -0.05) is 83.5 Å². The molecule has 0 saturated carbocycles. The first-order valence-corrected chi connectivity index (χ1v) is 16.2. The van der Waals surface area contributed by atoms with Crippen LogP contribution in [0.1, 0.15) is 94.0 Å². The molecule has 3 rings (SSSR count). The summed E-state index contributed by atoms with van der Waals surface area (Å²) in [5.41, 5.74) is 4.53. The number of nitrogens with one attached hydrogen (secondary N) is 1. The molecule has 0 bridgehead atoms. The van der Waals surface area contributed by atoms with Crippen molar-refractivity contribution < 1.29 is 22.7 Å². The monoisotopic (exact) mass is 585 g/mol. The Balaban J connectivity index is 2.01. The first-order chi connectivity index (χ1) is 19.2. The van der Waals surface area contributed by atoms with Gasteiger partial charge < -0.3 is 14.5 Å². The summed E-state index contributed by atoms with van der Waals surface area (Å²) in [4.78, 5) is 29.6. The molecule has 9 heteroatoms. The number of nitrogens with zero attached hydrogens (tertiary/aromatic N) is 2. The second kappa shape index (κ2) is 13.8. The lowest BCUT2D eigenvalue weighted by Gasteiger charge is -2.36. The van der Waals surface area contributed by atoms with E-state index in [-0.39, 0.29) is 41.6 Å². The topological polar surface area (TPSA) is 96.0 Å². The van der Waals surface area contributed by atoms with E-state index >= 15 is 0 Å². The summed E-state index contributed by atoms with van der Waals surface area (Å²) in [7, 11) is -4.08. The summed E-state index contributed by atoms with van der Waals surface area (Å²) < 4.78 is 36.5. The zero-order valence-corrected chi connectivity index (χ0v) is 26.7. The lowest BCUT2D eigenvalue weighted by molar-refractivity contribution is -0.134. The summed E-state index contributed by atoms with van der Waals surface area (Å²) in [6.45, 7) is 17.5. The molecule has 41 heavy (non-hydrogen) atoms. The molecule has 8 nitrogen and oxygen atoms in total. The largest absolute Gasteiger partial charge is 0.450 e. The molecular weight excluding hydrogens is 538 g/mol. The standard InChI is InChI=1S/C32H47N3O5S/c1-9-40-32(37)35-15-13-34(14-16-35)31(36)29(18-25-12-10-11-24(8)17-25)33-41(38,39)30-27(22(4)5)19-26(21(2)3)20-28(30)23(6)7/h10-12,17,19-23,29,33H,9,13-16,18H2,1-8H3/t29-/m0/s1. The van der Waals surface area contributed by atoms with Crippen molar-refractivity contribution in [2.75, 3.05) is 32.8 Å². The molecule has 1 fully saturated rings. The highest BCUT2D eigenvalue weighted by Gasteiger charge is 2.35. The van der Waals surface area contributed by atoms with E-state index in [1.807, 2.05) is 71.0 Å². The van der Waals surface area contributed by atoms with Crippen molar-refractivity contribution in [1.29, 1.82) is 0 Å². The highest BCUT2D eigenvalue weighted by molar-refractivity contribution is 7.89. The van der Waals surface area contributed by atoms with Crippen molar-refractivity contribution in [1.82, 2.24) is 14.5 Å². The van der Waals surface area contributed by atoms with Crippen LogP contribution in [0.3, 0.4) is 0 Å². The molecule has 226 valence electrons. The van der Waals surface area contributed by atoms with Gasteiger partial charge in [-0.25, -0.2) is 13.2 Å². The highest BCUT2D eigenvalue weighted by Crippen LogP contribution is 2.35. The average molecular weight is 586 g/mol. The molecule has 0 unspecified atom stereocenters. The van der Waals surface area contributed by atoms with Gasteiger partial charge in [0.1, 0.15) is 6.04 Å². The normalized spacial score (nSPS) is 15.1. The van der Waals surface area contributed by atoms with Crippen molar-refractivity contribution in [3.63, 3.8) is 0 Å². The molecule has 2 aromatic carbocycles. The van der Waals surface area contributed by atoms with E-state index in [1.165, 1.54) is 0 Å². The Kier molecular flexibility index (Phi) is 11.0. The van der Waals surface area contributed by atoms with E-state index < -0.39 is 22.2 Å². The maximum Gasteiger partial charge on any atom is 0.409 e. The van der Waals surface area contributed by atoms with Crippen LogP contribution in [0.2, 0.25) is 0 Å². The Morgan fingerprint density at radius 2 is 1.44 bits per heavy atom. The zero-order valence-electron chi connectivity index (χ0n) is 25.9. The summed E-state index contributed by atoms with van der Waals surface area (Å²) in [5.74, 6) is -0.104. The molecule has 1 heterocycles. The van der Waals surface area contributed by atoms with Crippen LogP contribution >= 0.6 is 0 Å². The third-order valence-corrected chi connectivity index (χ3v) is 9.19. The molecule has 1 atom stereocenters. The number of amides is 2. The van der Waals surface area contributed by atoms with Crippen molar-refractivity contribution in [2.24, 2.45) is 0 Å². The summed E-state index contributed by atoms with van der Waals surface area (Å²) in [6.07, 6.45) is -0.181. The lowest BCUT2D eigenvalue weighted by atomic mass is 9.89. The molecule has 0 spiro atoms. The number of carbonyl (C=O) groups is 2. The summed E-state index contributed by atoms with van der Waals surface area (Å²) in [5, 5.41) is 0. The fourth-order valence-electron chi connectivity index (χ4n) is 5.24. The van der Waals surface area contributed by atoms with Crippen molar-refractivity contribution in [3.8, 4) is 0 Å². The number of aryl methyl sites for hydroxylation is 1. The predicted octanol–water partition coefficient (Wildman–Crippen LogP) is 5.56. The summed E-state index contributed by atoms with van der Waals surface area (Å²) >= 11 is 0. The minimum absolute atomic E-state index is 0.0281. The number of rotatable bonds is 10. The third kappa shape index (κ3) is 8.10. The number of hydrogen-bond acceptors (Lipinski definition) is 5. The quantitative estimate of drug-likeness (QED) is 0.394. The fourth-order valence-corrected chi connectivity index (χ4v) is 7.13. The van der Waals surface area contributed by atoms with Gasteiger partial charge in [0.15, 0.2) is 0 Å². The van der Waals surface area contributed by atoms with Crippen LogP contribution in [0.5, 0.6) is 0 Å². The lowest BCUT2D eigenvalue weighted by Crippen LogP contribution is -2.56. The molecule has 0 aliphatic carbocycles. The van der Waals surface area contributed by atoms with Crippen LogP contribution in [-0.4, -0.2) is 69.0 Å². The Labute approximate surface area is 246 Å². The second-order valence-corrected chi connectivity index (χ2v) is 13.5. The molecular formula is C32H47N3O5S. The molecule has 2 aromatic rings. The Morgan fingerprint density at radius 1 is 0.878 bits per heavy atom. The van der Waals surface area contributed by atoms with Crippen molar-refractivity contribution in [3.05, 3.63) is 64.2 Å². The maximum atomic E-state index is 14.3. The van der Waals surface area contributed by atoms with Gasteiger partial charge in [-0.05, 0) is 60.3 Å². The predicted molar refractivity (Wildman–Crippen MR) is 163 cm³/mol. The molecule has 0 aromatic heterocycles. The minimum Gasteiger partial charge on any atom is -0.450 e. The van der Waals surface area contributed by atoms with Crippen LogP contribution in [0.4, 0.5) is 4.79 Å². The van der Waals surface area contributed by atoms with Crippen molar-refractivity contribution >= 4 is 22.0 Å². The van der Waals surface area contributed by atoms with E-state index in [9.17, 15) is 18.0 Å². The number of hydrogen-bond donors (Lipinski definition) is 1. The van der Waals surface area contributed by atoms with E-state index in [2.05, 4.69) is 18.6 Å². The van der Waals surface area contributed by atoms with E-state index in [0.29, 0.717) is 26.2 Å². The summed E-state index contributed by atoms with van der Waals surface area (Å²) in [6, 6.07) is 10.8. The highest BCUT2D eigenvalue weighted by atomic mass is 32.2. The Morgan fingerprint density at radius 3 is 1.93 bits per heavy atom. The van der Waals surface area contributed by atoms with Gasteiger partial charge in [-0.2, -0.15) is 4.72 Å². The van der Waals surface area contributed by atoms with E-state index in [0.717, 1.165) is 27.8 Å². The molecule has 1 saturated heterocycles. The average Bonchev–Trinajstić information content (AvgIpc) is 2.91. The van der Waals surface area contributed by atoms with Gasteiger partial charge in [0, 0.05) is 26.2 Å². The first-order valence-electron chi connectivity index (χ1n) is 14.7. The first kappa shape index (κ1) is 32.6. The minimum atomic E-state index is -4.08. The fraction of sp³-hybridized carbons (Fsp3) is 0.562. The smallest absolute Gasteiger partial charge is 0.409 e. The molecule has 0 radical (unpaired) electrons. The molecule has 2 amide bonds. The van der Waals surface area contributed by atoms with Gasteiger partial charge >= 0.3 is 6.09 Å². The van der Waals surface area contributed by atoms with Gasteiger partial charge in [-0.15, -0.1) is 0 Å². The SMILES string of the molecule is CCOC(=O)N1CCN(C(=O)[C@H](Cc2cccc(C)c2)NS(=O)(=O)c2c(C(C)C)cc(C(C)C)cc2C(C)C)CC1. The molecule has 1 N–H and O–H groups in total. The zero-order chi connectivity index (χ0) is 30.5. The van der Waals surface area contributed by atoms with Crippen LogP contribution < -0.4 is 4.72 Å². The number of carbonyl (C=O) groups excluding carboxylic acids is 2. The van der Waals surface area contributed by atoms with Crippen LogP contribution in [-0.2, 0) is 26.0 Å². The third-order valence-electron chi connectivity index (χ3n) is 7.58. The molecule has 1 aliphatic heterocycles. The maximum absolute atomic E-state index is 14.3. The number of ether oxygens (including phenoxy) is 1. The number of piperazine rings is 1. The Hall–Kier alpha value is -2.91. The van der Waals surface area contributed by atoms with Gasteiger partial charge in [0.2, 0.25) is 15.9 Å². The number of benzene rings is 2. The van der Waals surface area contributed by atoms with Gasteiger partial charge in [0.05, 0.1) is 11.5 Å². The van der Waals surface area contributed by atoms with Crippen molar-refractivity contribution in [2.45, 2.75) is 90.5 Å². The van der Waals surface area contributed by atoms with E-state index in [4.69, 9.17) is 4.74 Å². The second-order valence-electron chi connectivity index (χ2n) is 11.9. The van der Waals surface area contributed by atoms with Crippen LogP contribution in [0.15, 0.2) is 41.3 Å². The van der Waals surface area contributed by atoms with E-state index in [1.54, 1.807) is 16.7 Å². The Bertz CT molecular complexity index is 1300. The van der Waals surface area contributed by atoms with Crippen LogP contribution in [0.25, 0.3) is 0 Å². The van der Waals surface area contributed by atoms with Crippen LogP contribution in [0, 0.1) is 6.92 Å². The van der Waals surface area contributed by atoms with Gasteiger partial charge in [0.25, 0.3) is 0 Å². The molecule has 1 aliphatic rings. The number of sulfonamides is 1.